The minimum atomic E-state index is -0.571. The average molecular weight is 323 g/mol. The number of esters is 1. The maximum atomic E-state index is 12.8. The highest BCUT2D eigenvalue weighted by Gasteiger charge is 2.23. The van der Waals surface area contributed by atoms with E-state index in [1.807, 2.05) is 13.0 Å². The van der Waals surface area contributed by atoms with Crippen LogP contribution in [0.4, 0.5) is 0 Å². The second-order valence-corrected chi connectivity index (χ2v) is 5.76. The van der Waals surface area contributed by atoms with Crippen molar-refractivity contribution < 1.29 is 14.3 Å². The van der Waals surface area contributed by atoms with Gasteiger partial charge in [-0.05, 0) is 45.0 Å². The number of fused-ring (bicyclic) bond motifs is 1. The van der Waals surface area contributed by atoms with E-state index in [-0.39, 0.29) is 17.7 Å². The van der Waals surface area contributed by atoms with Crippen LogP contribution in [-0.2, 0) is 4.74 Å². The van der Waals surface area contributed by atoms with E-state index in [2.05, 4.69) is 10.1 Å². The topological polar surface area (TPSA) is 74.1 Å². The van der Waals surface area contributed by atoms with E-state index >= 15 is 0 Å². The Labute approximate surface area is 139 Å². The zero-order chi connectivity index (χ0) is 17.3. The summed E-state index contributed by atoms with van der Waals surface area (Å²) < 4.78 is 6.36. The van der Waals surface area contributed by atoms with E-state index in [1.165, 1.54) is 0 Å². The molecule has 0 bridgehead atoms. The molecule has 1 aromatic carbocycles. The van der Waals surface area contributed by atoms with E-state index in [9.17, 15) is 9.59 Å². The minimum absolute atomic E-state index is 0.0906. The lowest BCUT2D eigenvalue weighted by atomic mass is 10.1. The average Bonchev–Trinajstić information content (AvgIpc) is 2.93. The predicted octanol–water partition coefficient (Wildman–Crippen LogP) is 2.99. The lowest BCUT2D eigenvalue weighted by Crippen LogP contribution is -2.16. The van der Waals surface area contributed by atoms with Gasteiger partial charge in [-0.1, -0.05) is 17.7 Å². The van der Waals surface area contributed by atoms with E-state index in [0.29, 0.717) is 16.6 Å². The summed E-state index contributed by atoms with van der Waals surface area (Å²) in [6.07, 6.45) is 1.28. The first-order valence-corrected chi connectivity index (χ1v) is 7.63. The van der Waals surface area contributed by atoms with Gasteiger partial charge in [-0.25, -0.2) is 9.78 Å². The summed E-state index contributed by atoms with van der Waals surface area (Å²) in [5.74, 6) is -0.912. The van der Waals surface area contributed by atoms with Gasteiger partial charge in [0.2, 0.25) is 0 Å². The molecule has 0 fully saturated rings. The van der Waals surface area contributed by atoms with Crippen LogP contribution in [0.15, 0.2) is 42.6 Å². The van der Waals surface area contributed by atoms with Gasteiger partial charge in [-0.15, -0.1) is 0 Å². The first kappa shape index (κ1) is 15.9. The van der Waals surface area contributed by atoms with Crippen molar-refractivity contribution in [1.29, 1.82) is 0 Å². The molecular weight excluding hydrogens is 306 g/mol. The van der Waals surface area contributed by atoms with Crippen molar-refractivity contribution in [1.82, 2.24) is 14.8 Å². The molecule has 0 N–H and O–H groups in total. The molecule has 6 heteroatoms. The summed E-state index contributed by atoms with van der Waals surface area (Å²) >= 11 is 0. The number of nitrogens with zero attached hydrogens (tertiary/aromatic N) is 3. The second kappa shape index (κ2) is 6.23. The largest absolute Gasteiger partial charge is 0.458 e. The Balaban J connectivity index is 2.12. The molecule has 0 atom stereocenters. The molecular formula is C18H17N3O3. The first-order valence-electron chi connectivity index (χ1n) is 7.63. The van der Waals surface area contributed by atoms with Gasteiger partial charge < -0.3 is 4.74 Å². The van der Waals surface area contributed by atoms with Crippen LogP contribution >= 0.6 is 0 Å². The minimum Gasteiger partial charge on any atom is -0.458 e. The molecule has 0 radical (unpaired) electrons. The lowest BCUT2D eigenvalue weighted by molar-refractivity contribution is 0.0372. The molecule has 24 heavy (non-hydrogen) atoms. The van der Waals surface area contributed by atoms with E-state index in [4.69, 9.17) is 4.74 Å². The molecule has 0 amide bonds. The highest BCUT2D eigenvalue weighted by Crippen LogP contribution is 2.19. The number of aromatic nitrogens is 3. The zero-order valence-electron chi connectivity index (χ0n) is 13.7. The smallest absolute Gasteiger partial charge is 0.359 e. The Morgan fingerprint density at radius 2 is 1.96 bits per heavy atom. The third-order valence-corrected chi connectivity index (χ3v) is 3.44. The van der Waals surface area contributed by atoms with E-state index in [1.54, 1.807) is 50.4 Å². The van der Waals surface area contributed by atoms with Crippen molar-refractivity contribution in [2.75, 3.05) is 0 Å². The van der Waals surface area contributed by atoms with Crippen LogP contribution in [0, 0.1) is 6.92 Å². The fourth-order valence-corrected chi connectivity index (χ4v) is 2.41. The quantitative estimate of drug-likeness (QED) is 0.693. The summed E-state index contributed by atoms with van der Waals surface area (Å²) in [5, 5.41) is 4.67. The van der Waals surface area contributed by atoms with Gasteiger partial charge in [0.1, 0.15) is 0 Å². The standard InChI is InChI=1S/C18H17N3O3/c1-11(2)24-18(23)15-14-8-5-9-19-16(14)21(20-15)17(22)13-7-4-6-12(3)10-13/h4-11H,1-3H3. The number of hydrogen-bond donors (Lipinski definition) is 0. The molecule has 2 heterocycles. The van der Waals surface area contributed by atoms with Gasteiger partial charge in [0, 0.05) is 11.8 Å². The molecule has 3 aromatic rings. The van der Waals surface area contributed by atoms with Crippen molar-refractivity contribution in [2.45, 2.75) is 26.9 Å². The Hall–Kier alpha value is -3.02. The molecule has 0 spiro atoms. The molecule has 6 nitrogen and oxygen atoms in total. The van der Waals surface area contributed by atoms with Crippen molar-refractivity contribution in [2.24, 2.45) is 0 Å². The monoisotopic (exact) mass is 323 g/mol. The van der Waals surface area contributed by atoms with Crippen molar-refractivity contribution in [3.05, 3.63) is 59.4 Å². The van der Waals surface area contributed by atoms with E-state index in [0.717, 1.165) is 10.2 Å². The maximum absolute atomic E-state index is 12.8. The Morgan fingerprint density at radius 3 is 2.67 bits per heavy atom. The van der Waals surface area contributed by atoms with Crippen LogP contribution in [-0.4, -0.2) is 32.7 Å². The number of ether oxygens (including phenoxy) is 1. The van der Waals surface area contributed by atoms with Gasteiger partial charge in [0.15, 0.2) is 11.3 Å². The Bertz CT molecular complexity index is 928. The number of rotatable bonds is 3. The molecule has 0 saturated heterocycles. The number of carbonyl (C=O) groups is 2. The van der Waals surface area contributed by atoms with Crippen LogP contribution in [0.1, 0.15) is 40.3 Å². The van der Waals surface area contributed by atoms with Gasteiger partial charge in [0.05, 0.1) is 11.5 Å². The Kier molecular flexibility index (Phi) is 4.12. The number of aryl methyl sites for hydroxylation is 1. The number of pyridine rings is 1. The van der Waals surface area contributed by atoms with Crippen LogP contribution in [0.25, 0.3) is 11.0 Å². The van der Waals surface area contributed by atoms with Gasteiger partial charge in [-0.3, -0.25) is 4.79 Å². The third-order valence-electron chi connectivity index (χ3n) is 3.44. The molecule has 0 saturated carbocycles. The zero-order valence-corrected chi connectivity index (χ0v) is 13.7. The summed E-state index contributed by atoms with van der Waals surface area (Å²) in [5.41, 5.74) is 1.87. The van der Waals surface area contributed by atoms with Crippen molar-refractivity contribution in [3.63, 3.8) is 0 Å². The molecule has 0 unspecified atom stereocenters. The summed E-state index contributed by atoms with van der Waals surface area (Å²) in [4.78, 5) is 29.2. The van der Waals surface area contributed by atoms with Crippen molar-refractivity contribution in [3.8, 4) is 0 Å². The highest BCUT2D eigenvalue weighted by molar-refractivity contribution is 6.06. The van der Waals surface area contributed by atoms with Gasteiger partial charge in [0.25, 0.3) is 5.91 Å². The second-order valence-electron chi connectivity index (χ2n) is 5.76. The van der Waals surface area contributed by atoms with Gasteiger partial charge >= 0.3 is 5.97 Å². The SMILES string of the molecule is Cc1cccc(C(=O)n2nc(C(=O)OC(C)C)c3cccnc32)c1. The molecule has 122 valence electrons. The lowest BCUT2D eigenvalue weighted by Gasteiger charge is -2.05. The number of hydrogen-bond acceptors (Lipinski definition) is 5. The fourth-order valence-electron chi connectivity index (χ4n) is 2.41. The van der Waals surface area contributed by atoms with Crippen LogP contribution in [0.5, 0.6) is 0 Å². The van der Waals surface area contributed by atoms with Crippen LogP contribution in [0.3, 0.4) is 0 Å². The Morgan fingerprint density at radius 1 is 1.17 bits per heavy atom. The summed E-state index contributed by atoms with van der Waals surface area (Å²) in [7, 11) is 0. The molecule has 0 aliphatic rings. The van der Waals surface area contributed by atoms with Crippen LogP contribution < -0.4 is 0 Å². The predicted molar refractivity (Wildman–Crippen MR) is 89.0 cm³/mol. The fraction of sp³-hybridized carbons (Fsp3) is 0.222. The third kappa shape index (κ3) is 2.90. The molecule has 0 aliphatic heterocycles. The molecule has 0 aliphatic carbocycles. The van der Waals surface area contributed by atoms with Gasteiger partial charge in [-0.2, -0.15) is 9.78 Å². The summed E-state index contributed by atoms with van der Waals surface area (Å²) in [6, 6.07) is 10.6. The first-order chi connectivity index (χ1) is 11.5. The number of benzene rings is 1. The van der Waals surface area contributed by atoms with Crippen molar-refractivity contribution >= 4 is 22.9 Å². The maximum Gasteiger partial charge on any atom is 0.359 e. The highest BCUT2D eigenvalue weighted by atomic mass is 16.5. The van der Waals surface area contributed by atoms with E-state index < -0.39 is 5.97 Å². The van der Waals surface area contributed by atoms with Crippen LogP contribution in [0.2, 0.25) is 0 Å². The normalized spacial score (nSPS) is 11.0. The molecule has 3 rings (SSSR count). The summed E-state index contributed by atoms with van der Waals surface area (Å²) in [6.45, 7) is 5.42. The number of carbonyl (C=O) groups excluding carboxylic acids is 2. The molecule has 2 aromatic heterocycles.